The minimum Gasteiger partial charge on any atom is -0.469 e. The highest BCUT2D eigenvalue weighted by molar-refractivity contribution is 6.31. The third kappa shape index (κ3) is 8.45. The molecule has 0 spiro atoms. The average molecular weight is 610 g/mol. The van der Waals surface area contributed by atoms with E-state index in [4.69, 9.17) is 21.4 Å². The number of carbonyl (C=O) groups is 4. The molecule has 2 aliphatic heterocycles. The number of hydrogen-bond donors (Lipinski definition) is 2. The Balaban J connectivity index is 1.39. The van der Waals surface area contributed by atoms with Crippen LogP contribution < -0.4 is 5.32 Å². The van der Waals surface area contributed by atoms with Crippen LogP contribution in [0, 0.1) is 23.2 Å². The van der Waals surface area contributed by atoms with Crippen LogP contribution in [0.1, 0.15) is 62.1 Å². The van der Waals surface area contributed by atoms with Gasteiger partial charge in [0, 0.05) is 50.6 Å². The van der Waals surface area contributed by atoms with Gasteiger partial charge in [-0.05, 0) is 67.3 Å². The maximum atomic E-state index is 13.5. The normalized spacial score (nSPS) is 17.9. The Bertz CT molecular complexity index is 1390. The number of pyridine rings is 1. The monoisotopic (exact) mass is 609 g/mol. The highest BCUT2D eigenvalue weighted by atomic mass is 35.5. The van der Waals surface area contributed by atoms with Crippen molar-refractivity contribution in [3.63, 3.8) is 0 Å². The Hall–Kier alpha value is -4.17. The summed E-state index contributed by atoms with van der Waals surface area (Å²) in [4.78, 5) is 57.4. The van der Waals surface area contributed by atoms with Crippen molar-refractivity contribution >= 4 is 35.5 Å². The predicted molar refractivity (Wildman–Crippen MR) is 158 cm³/mol. The molecule has 43 heavy (non-hydrogen) atoms. The number of aromatic nitrogens is 1. The van der Waals surface area contributed by atoms with Crippen LogP contribution in [0.4, 0.5) is 4.79 Å². The molecule has 12 heteroatoms. The number of halogens is 1. The van der Waals surface area contributed by atoms with E-state index in [9.17, 15) is 24.4 Å². The fourth-order valence-corrected chi connectivity index (χ4v) is 5.86. The summed E-state index contributed by atoms with van der Waals surface area (Å²) in [5.41, 5.74) is 2.33. The van der Waals surface area contributed by atoms with Gasteiger partial charge in [-0.1, -0.05) is 17.7 Å². The van der Waals surface area contributed by atoms with Crippen LogP contribution in [0.5, 0.6) is 0 Å². The third-order valence-corrected chi connectivity index (χ3v) is 8.62. The molecule has 1 aromatic heterocycles. The molecule has 1 aromatic carbocycles. The number of likely N-dealkylation sites (tertiary alicyclic amines) is 2. The van der Waals surface area contributed by atoms with E-state index in [2.05, 4.69) is 16.4 Å². The Morgan fingerprint density at radius 2 is 1.88 bits per heavy atom. The smallest absolute Gasteiger partial charge is 0.407 e. The molecule has 3 amide bonds. The number of ether oxygens (including phenoxy) is 1. The van der Waals surface area contributed by atoms with E-state index in [0.717, 1.165) is 12.8 Å². The van der Waals surface area contributed by atoms with E-state index in [1.165, 1.54) is 12.0 Å². The lowest BCUT2D eigenvalue weighted by molar-refractivity contribution is -0.141. The zero-order valence-corrected chi connectivity index (χ0v) is 24.9. The number of carbonyl (C=O) groups excluding carboxylic acids is 3. The number of nitrogens with one attached hydrogen (secondary N) is 1. The van der Waals surface area contributed by atoms with Crippen LogP contribution in [0.15, 0.2) is 36.7 Å². The molecule has 2 aromatic rings. The number of methoxy groups -OCH3 is 1. The maximum absolute atomic E-state index is 13.5. The van der Waals surface area contributed by atoms with Gasteiger partial charge in [-0.25, -0.2) is 4.79 Å². The summed E-state index contributed by atoms with van der Waals surface area (Å²) in [5.74, 6) is -0.867. The van der Waals surface area contributed by atoms with Crippen molar-refractivity contribution in [2.75, 3.05) is 33.3 Å². The molecular formula is C31H36ClN5O6. The fraction of sp³-hybridized carbons (Fsp3) is 0.484. The molecule has 2 aliphatic rings. The number of carboxylic acid groups (broad SMARTS) is 1. The molecule has 0 saturated carbocycles. The second-order valence-electron chi connectivity index (χ2n) is 11.1. The number of esters is 1. The van der Waals surface area contributed by atoms with E-state index < -0.39 is 24.0 Å². The summed E-state index contributed by atoms with van der Waals surface area (Å²) in [6.45, 7) is 1.87. The van der Waals surface area contributed by atoms with Crippen LogP contribution >= 0.6 is 11.6 Å². The molecule has 4 rings (SSSR count). The van der Waals surface area contributed by atoms with Crippen molar-refractivity contribution in [2.24, 2.45) is 11.8 Å². The largest absolute Gasteiger partial charge is 0.469 e. The van der Waals surface area contributed by atoms with Gasteiger partial charge in [-0.2, -0.15) is 5.26 Å². The number of amides is 3. The molecule has 11 nitrogen and oxygen atoms in total. The van der Waals surface area contributed by atoms with E-state index in [1.807, 2.05) is 6.07 Å². The molecule has 2 fully saturated rings. The van der Waals surface area contributed by atoms with Gasteiger partial charge in [0.15, 0.2) is 0 Å². The molecule has 1 unspecified atom stereocenters. The second-order valence-corrected chi connectivity index (χ2v) is 11.5. The predicted octanol–water partition coefficient (Wildman–Crippen LogP) is 4.40. The molecule has 2 N–H and O–H groups in total. The highest BCUT2D eigenvalue weighted by Crippen LogP contribution is 2.29. The summed E-state index contributed by atoms with van der Waals surface area (Å²) in [7, 11) is 1.28. The van der Waals surface area contributed by atoms with Crippen molar-refractivity contribution < 1.29 is 29.0 Å². The van der Waals surface area contributed by atoms with Crippen molar-refractivity contribution in [1.29, 1.82) is 5.26 Å². The molecule has 0 bridgehead atoms. The quantitative estimate of drug-likeness (QED) is 0.397. The summed E-state index contributed by atoms with van der Waals surface area (Å²) >= 11 is 6.09. The number of benzene rings is 1. The van der Waals surface area contributed by atoms with E-state index >= 15 is 0 Å². The van der Waals surface area contributed by atoms with Gasteiger partial charge in [-0.3, -0.25) is 19.4 Å². The lowest BCUT2D eigenvalue weighted by atomic mass is 9.91. The topological polar surface area (TPSA) is 153 Å². The summed E-state index contributed by atoms with van der Waals surface area (Å²) in [6.07, 6.45) is 6.09. The first-order valence-corrected chi connectivity index (χ1v) is 14.8. The van der Waals surface area contributed by atoms with Gasteiger partial charge in [0.2, 0.25) is 11.8 Å². The van der Waals surface area contributed by atoms with Crippen molar-refractivity contribution in [2.45, 2.75) is 51.0 Å². The molecule has 228 valence electrons. The highest BCUT2D eigenvalue weighted by Gasteiger charge is 2.31. The van der Waals surface area contributed by atoms with Crippen LogP contribution in [0.2, 0.25) is 5.02 Å². The van der Waals surface area contributed by atoms with Crippen molar-refractivity contribution in [3.05, 3.63) is 52.8 Å². The first kappa shape index (κ1) is 31.8. The molecule has 0 aliphatic carbocycles. The second kappa shape index (κ2) is 14.8. The zero-order valence-electron chi connectivity index (χ0n) is 24.1. The zero-order chi connectivity index (χ0) is 30.9. The van der Waals surface area contributed by atoms with Crippen LogP contribution in [-0.4, -0.2) is 77.1 Å². The Kier molecular flexibility index (Phi) is 11.0. The molecule has 0 radical (unpaired) electrons. The lowest BCUT2D eigenvalue weighted by Crippen LogP contribution is -2.46. The van der Waals surface area contributed by atoms with E-state index in [0.29, 0.717) is 85.1 Å². The first-order chi connectivity index (χ1) is 20.7. The minimum absolute atomic E-state index is 0.000814. The Morgan fingerprint density at radius 1 is 1.12 bits per heavy atom. The van der Waals surface area contributed by atoms with Crippen LogP contribution in [0.3, 0.4) is 0 Å². The molecular weight excluding hydrogens is 574 g/mol. The first-order valence-electron chi connectivity index (χ1n) is 14.5. The number of nitrogens with zero attached hydrogens (tertiary/aromatic N) is 4. The number of nitriles is 1. The summed E-state index contributed by atoms with van der Waals surface area (Å²) < 4.78 is 4.88. The van der Waals surface area contributed by atoms with Crippen molar-refractivity contribution in [3.8, 4) is 17.2 Å². The molecule has 2 saturated heterocycles. The number of hydrogen-bond acceptors (Lipinski definition) is 7. The number of rotatable bonds is 9. The van der Waals surface area contributed by atoms with Gasteiger partial charge in [0.05, 0.1) is 36.1 Å². The molecule has 3 heterocycles. The third-order valence-electron chi connectivity index (χ3n) is 8.29. The van der Waals surface area contributed by atoms with Gasteiger partial charge < -0.3 is 25.0 Å². The van der Waals surface area contributed by atoms with E-state index in [1.54, 1.807) is 35.5 Å². The van der Waals surface area contributed by atoms with E-state index in [-0.39, 0.29) is 18.2 Å². The van der Waals surface area contributed by atoms with Crippen LogP contribution in [0.25, 0.3) is 11.1 Å². The minimum atomic E-state index is -0.902. The number of piperidine rings is 2. The Labute approximate surface area is 255 Å². The van der Waals surface area contributed by atoms with Crippen molar-refractivity contribution in [1.82, 2.24) is 20.1 Å². The Morgan fingerprint density at radius 3 is 2.58 bits per heavy atom. The maximum Gasteiger partial charge on any atom is 0.407 e. The standard InChI is InChI=1S/C31H36ClN5O6/c1-43-29(39)15-27(25-14-24(17-34-18-25)21-5-6-26(32)23(13-21)16-33)35-30(40)22-3-2-10-37(19-22)28(38)7-4-20-8-11-36(12-9-20)31(41)42/h5-6,13-14,17-18,20,22,27H,2-4,7-12,15,19H2,1H3,(H,35,40)(H,41,42)/t22-,27?/m1/s1. The average Bonchev–Trinajstić information content (AvgIpc) is 3.03. The molecule has 2 atom stereocenters. The van der Waals surface area contributed by atoms with Gasteiger partial charge in [0.25, 0.3) is 0 Å². The summed E-state index contributed by atoms with van der Waals surface area (Å²) in [5, 5.41) is 21.8. The lowest BCUT2D eigenvalue weighted by Gasteiger charge is -2.34. The van der Waals surface area contributed by atoms with Gasteiger partial charge in [-0.15, -0.1) is 0 Å². The summed E-state index contributed by atoms with van der Waals surface area (Å²) in [6, 6.07) is 8.22. The van der Waals surface area contributed by atoms with Gasteiger partial charge >= 0.3 is 12.1 Å². The SMILES string of the molecule is COC(=O)CC(NC(=O)[C@@H]1CCCN(C(=O)CCC2CCN(C(=O)O)CC2)C1)c1cncc(-c2ccc(Cl)c(C#N)c2)c1. The van der Waals surface area contributed by atoms with Crippen LogP contribution in [-0.2, 0) is 19.1 Å². The fourth-order valence-electron chi connectivity index (χ4n) is 5.70. The van der Waals surface area contributed by atoms with Gasteiger partial charge in [0.1, 0.15) is 6.07 Å².